The van der Waals surface area contributed by atoms with Gasteiger partial charge in [-0.25, -0.2) is 0 Å². The molecule has 0 aromatic heterocycles. The van der Waals surface area contributed by atoms with Gasteiger partial charge >= 0.3 is 0 Å². The predicted octanol–water partition coefficient (Wildman–Crippen LogP) is 3.79. The molecule has 0 bridgehead atoms. The molecule has 2 unspecified atom stereocenters. The lowest BCUT2D eigenvalue weighted by Crippen LogP contribution is -2.30. The van der Waals surface area contributed by atoms with Crippen molar-refractivity contribution >= 4 is 27.5 Å². The van der Waals surface area contributed by atoms with Crippen molar-refractivity contribution in [1.29, 1.82) is 0 Å². The lowest BCUT2D eigenvalue weighted by atomic mass is 10.0. The average Bonchev–Trinajstić information content (AvgIpc) is 2.76. The summed E-state index contributed by atoms with van der Waals surface area (Å²) >= 11 is 3.55. The lowest BCUT2D eigenvalue weighted by Gasteiger charge is -2.20. The van der Waals surface area contributed by atoms with E-state index in [0.717, 1.165) is 21.3 Å². The number of rotatable bonds is 3. The third-order valence-corrected chi connectivity index (χ3v) is 4.30. The molecule has 3 nitrogen and oxygen atoms in total. The van der Waals surface area contributed by atoms with Gasteiger partial charge in [-0.2, -0.15) is 0 Å². The Balaban J connectivity index is 1.85. The predicted molar refractivity (Wildman–Crippen MR) is 83.5 cm³/mol. The Morgan fingerprint density at radius 3 is 2.65 bits per heavy atom. The number of fused-ring (bicyclic) bond motifs is 1. The number of hydrogen-bond donors (Lipinski definition) is 2. The first-order valence-corrected chi connectivity index (χ1v) is 7.36. The summed E-state index contributed by atoms with van der Waals surface area (Å²) in [6.07, 6.45) is 0. The van der Waals surface area contributed by atoms with E-state index < -0.39 is 0 Å². The maximum Gasteiger partial charge on any atom is 0.246 e. The molecule has 2 aromatic carbocycles. The van der Waals surface area contributed by atoms with Crippen LogP contribution < -0.4 is 10.6 Å². The molecule has 2 aromatic rings. The van der Waals surface area contributed by atoms with Gasteiger partial charge in [0.2, 0.25) is 5.91 Å². The first-order chi connectivity index (χ1) is 9.66. The molecule has 1 aliphatic rings. The SMILES string of the molecule is CC(NC1C(=O)Nc2ccccc21)c1ccccc1Br. The number of amides is 1. The van der Waals surface area contributed by atoms with Gasteiger partial charge in [0.1, 0.15) is 6.04 Å². The quantitative estimate of drug-likeness (QED) is 0.898. The van der Waals surface area contributed by atoms with Gasteiger partial charge in [0.05, 0.1) is 0 Å². The molecule has 1 amide bonds. The van der Waals surface area contributed by atoms with Gasteiger partial charge in [-0.15, -0.1) is 0 Å². The van der Waals surface area contributed by atoms with Gasteiger partial charge in [-0.1, -0.05) is 52.3 Å². The minimum Gasteiger partial charge on any atom is -0.324 e. The van der Waals surface area contributed by atoms with Crippen molar-refractivity contribution in [2.24, 2.45) is 0 Å². The van der Waals surface area contributed by atoms with Crippen LogP contribution in [0.25, 0.3) is 0 Å². The molecular formula is C16H15BrN2O. The second-order valence-corrected chi connectivity index (χ2v) is 5.77. The second kappa shape index (κ2) is 5.38. The molecule has 0 spiro atoms. The molecule has 1 aliphatic heterocycles. The van der Waals surface area contributed by atoms with Crippen LogP contribution in [-0.2, 0) is 4.79 Å². The molecule has 2 atom stereocenters. The molecule has 1 heterocycles. The lowest BCUT2D eigenvalue weighted by molar-refractivity contribution is -0.117. The highest BCUT2D eigenvalue weighted by Crippen LogP contribution is 2.33. The van der Waals surface area contributed by atoms with Crippen molar-refractivity contribution < 1.29 is 4.79 Å². The van der Waals surface area contributed by atoms with Crippen molar-refractivity contribution in [3.8, 4) is 0 Å². The summed E-state index contributed by atoms with van der Waals surface area (Å²) in [5.74, 6) is 0.00473. The fourth-order valence-electron chi connectivity index (χ4n) is 2.54. The summed E-state index contributed by atoms with van der Waals surface area (Å²) in [4.78, 5) is 12.1. The molecule has 20 heavy (non-hydrogen) atoms. The van der Waals surface area contributed by atoms with Crippen LogP contribution in [0.3, 0.4) is 0 Å². The number of anilines is 1. The smallest absolute Gasteiger partial charge is 0.246 e. The van der Waals surface area contributed by atoms with Gasteiger partial charge in [-0.05, 0) is 24.6 Å². The highest BCUT2D eigenvalue weighted by Gasteiger charge is 2.31. The summed E-state index contributed by atoms with van der Waals surface area (Å²) in [6, 6.07) is 15.6. The third kappa shape index (κ3) is 2.37. The summed E-state index contributed by atoms with van der Waals surface area (Å²) in [5, 5.41) is 6.31. The number of carbonyl (C=O) groups excluding carboxylic acids is 1. The minimum atomic E-state index is -0.298. The highest BCUT2D eigenvalue weighted by atomic mass is 79.9. The van der Waals surface area contributed by atoms with Crippen molar-refractivity contribution in [3.63, 3.8) is 0 Å². The van der Waals surface area contributed by atoms with Crippen LogP contribution in [0.2, 0.25) is 0 Å². The molecule has 4 heteroatoms. The zero-order chi connectivity index (χ0) is 14.1. The van der Waals surface area contributed by atoms with Crippen LogP contribution >= 0.6 is 15.9 Å². The largest absolute Gasteiger partial charge is 0.324 e. The van der Waals surface area contributed by atoms with Crippen molar-refractivity contribution in [3.05, 3.63) is 64.1 Å². The number of nitrogens with one attached hydrogen (secondary N) is 2. The third-order valence-electron chi connectivity index (χ3n) is 3.58. The molecule has 0 aliphatic carbocycles. The molecular weight excluding hydrogens is 316 g/mol. The van der Waals surface area contributed by atoms with Gasteiger partial charge in [0.25, 0.3) is 0 Å². The van der Waals surface area contributed by atoms with Gasteiger partial charge in [0, 0.05) is 21.8 Å². The van der Waals surface area contributed by atoms with Crippen LogP contribution in [0, 0.1) is 0 Å². The topological polar surface area (TPSA) is 41.1 Å². The van der Waals surface area contributed by atoms with E-state index in [0.29, 0.717) is 0 Å². The minimum absolute atomic E-state index is 0.00473. The summed E-state index contributed by atoms with van der Waals surface area (Å²) in [7, 11) is 0. The number of hydrogen-bond acceptors (Lipinski definition) is 2. The van der Waals surface area contributed by atoms with Gasteiger partial charge in [0.15, 0.2) is 0 Å². The second-order valence-electron chi connectivity index (χ2n) is 4.92. The zero-order valence-electron chi connectivity index (χ0n) is 11.1. The van der Waals surface area contributed by atoms with Crippen molar-refractivity contribution in [2.45, 2.75) is 19.0 Å². The first-order valence-electron chi connectivity index (χ1n) is 6.57. The molecule has 2 N–H and O–H groups in total. The van der Waals surface area contributed by atoms with Crippen LogP contribution in [-0.4, -0.2) is 5.91 Å². The van der Waals surface area contributed by atoms with Crippen molar-refractivity contribution in [2.75, 3.05) is 5.32 Å². The van der Waals surface area contributed by atoms with Gasteiger partial charge < -0.3 is 5.32 Å². The Morgan fingerprint density at radius 2 is 1.85 bits per heavy atom. The molecule has 0 radical (unpaired) electrons. The molecule has 0 fully saturated rings. The molecule has 102 valence electrons. The fourth-order valence-corrected chi connectivity index (χ4v) is 3.17. The first kappa shape index (κ1) is 13.3. The van der Waals surface area contributed by atoms with Crippen LogP contribution in [0.5, 0.6) is 0 Å². The van der Waals surface area contributed by atoms with E-state index in [1.54, 1.807) is 0 Å². The standard InChI is InChI=1S/C16H15BrN2O/c1-10(11-6-2-4-8-13(11)17)18-15-12-7-3-5-9-14(12)19-16(15)20/h2-10,15,18H,1H3,(H,19,20). The van der Waals surface area contributed by atoms with Gasteiger partial charge in [-0.3, -0.25) is 10.1 Å². The monoisotopic (exact) mass is 330 g/mol. The summed E-state index contributed by atoms with van der Waals surface area (Å²) in [5.41, 5.74) is 3.05. The zero-order valence-corrected chi connectivity index (χ0v) is 12.6. The van der Waals surface area contributed by atoms with Crippen LogP contribution in [0.15, 0.2) is 53.0 Å². The van der Waals surface area contributed by atoms with E-state index in [-0.39, 0.29) is 18.0 Å². The number of halogens is 1. The van der Waals surface area contributed by atoms with E-state index in [2.05, 4.69) is 39.6 Å². The van der Waals surface area contributed by atoms with E-state index in [9.17, 15) is 4.79 Å². The fraction of sp³-hybridized carbons (Fsp3) is 0.188. The molecule has 3 rings (SSSR count). The van der Waals surface area contributed by atoms with Crippen LogP contribution in [0.4, 0.5) is 5.69 Å². The van der Waals surface area contributed by atoms with E-state index >= 15 is 0 Å². The number of para-hydroxylation sites is 1. The Bertz CT molecular complexity index is 656. The Morgan fingerprint density at radius 1 is 1.15 bits per heavy atom. The van der Waals surface area contributed by atoms with E-state index in [1.165, 1.54) is 0 Å². The van der Waals surface area contributed by atoms with Crippen LogP contribution in [0.1, 0.15) is 30.1 Å². The summed E-state index contributed by atoms with van der Waals surface area (Å²) < 4.78 is 1.05. The summed E-state index contributed by atoms with van der Waals surface area (Å²) in [6.45, 7) is 2.06. The Labute approximate surface area is 126 Å². The number of carbonyl (C=O) groups is 1. The maximum atomic E-state index is 12.1. The number of benzene rings is 2. The maximum absolute atomic E-state index is 12.1. The van der Waals surface area contributed by atoms with E-state index in [1.807, 2.05) is 42.5 Å². The van der Waals surface area contributed by atoms with Crippen molar-refractivity contribution in [1.82, 2.24) is 5.32 Å². The van der Waals surface area contributed by atoms with E-state index in [4.69, 9.17) is 0 Å². The highest BCUT2D eigenvalue weighted by molar-refractivity contribution is 9.10. The normalized spacial score (nSPS) is 18.5. The molecule has 0 saturated heterocycles. The average molecular weight is 331 g/mol. The molecule has 0 saturated carbocycles. The Hall–Kier alpha value is -1.65. The Kier molecular flexibility index (Phi) is 3.59.